The van der Waals surface area contributed by atoms with E-state index in [1.165, 1.54) is 15.9 Å². The average Bonchev–Trinajstić information content (AvgIpc) is 3.34. The van der Waals surface area contributed by atoms with Crippen molar-refractivity contribution in [3.63, 3.8) is 0 Å². The summed E-state index contributed by atoms with van der Waals surface area (Å²) >= 11 is 7.70. The highest BCUT2D eigenvalue weighted by Crippen LogP contribution is 2.38. The van der Waals surface area contributed by atoms with Crippen LogP contribution in [0.1, 0.15) is 56.3 Å². The highest BCUT2D eigenvalue weighted by Gasteiger charge is 2.36. The van der Waals surface area contributed by atoms with Crippen molar-refractivity contribution >= 4 is 35.0 Å². The smallest absolute Gasteiger partial charge is 0.338 e. The minimum Gasteiger partial charge on any atom is -0.496 e. The molecule has 5 rings (SSSR count). The maximum Gasteiger partial charge on any atom is 0.338 e. The van der Waals surface area contributed by atoms with Crippen LogP contribution in [0.3, 0.4) is 0 Å². The molecule has 0 saturated heterocycles. The average molecular weight is 647 g/mol. The minimum absolute atomic E-state index is 0.179. The third kappa shape index (κ3) is 7.00. The molecular weight excluding hydrogens is 612 g/mol. The molecular formula is C35H35ClN2O6S. The third-order valence-corrected chi connectivity index (χ3v) is 8.40. The number of fused-ring (bicyclic) bond motifs is 1. The Bertz CT molecular complexity index is 1900. The number of allylic oxidation sites excluding steroid dienone is 1. The van der Waals surface area contributed by atoms with E-state index >= 15 is 0 Å². The van der Waals surface area contributed by atoms with Crippen LogP contribution in [-0.4, -0.2) is 30.9 Å². The number of nitrogens with zero attached hydrogens (tertiary/aromatic N) is 2. The predicted octanol–water partition coefficient (Wildman–Crippen LogP) is 6.22. The third-order valence-electron chi connectivity index (χ3n) is 7.18. The molecule has 1 aliphatic rings. The number of halogens is 1. The first-order valence-corrected chi connectivity index (χ1v) is 16.1. The lowest BCUT2D eigenvalue weighted by atomic mass is 9.93. The summed E-state index contributed by atoms with van der Waals surface area (Å²) in [4.78, 5) is 33.0. The number of hydrogen-bond acceptors (Lipinski definition) is 8. The van der Waals surface area contributed by atoms with Gasteiger partial charge in [0.1, 0.15) is 18.4 Å². The zero-order valence-electron chi connectivity index (χ0n) is 25.7. The molecule has 0 unspecified atom stereocenters. The van der Waals surface area contributed by atoms with Crippen LogP contribution in [-0.2, 0) is 16.1 Å². The maximum absolute atomic E-state index is 14.2. The van der Waals surface area contributed by atoms with Gasteiger partial charge in [-0.2, -0.15) is 0 Å². The van der Waals surface area contributed by atoms with E-state index in [9.17, 15) is 9.59 Å². The van der Waals surface area contributed by atoms with Crippen molar-refractivity contribution < 1.29 is 23.7 Å². The first-order valence-electron chi connectivity index (χ1n) is 14.9. The quantitative estimate of drug-likeness (QED) is 0.170. The summed E-state index contributed by atoms with van der Waals surface area (Å²) in [5.74, 6) is 1.14. The van der Waals surface area contributed by atoms with Gasteiger partial charge in [0, 0.05) is 10.6 Å². The van der Waals surface area contributed by atoms with Gasteiger partial charge in [0.2, 0.25) is 0 Å². The number of rotatable bonds is 12. The van der Waals surface area contributed by atoms with E-state index in [-0.39, 0.29) is 12.2 Å². The van der Waals surface area contributed by atoms with Gasteiger partial charge in [-0.25, -0.2) is 9.79 Å². The molecule has 45 heavy (non-hydrogen) atoms. The molecule has 2 heterocycles. The van der Waals surface area contributed by atoms with Crippen LogP contribution in [0.15, 0.2) is 87.8 Å². The van der Waals surface area contributed by atoms with Crippen LogP contribution in [0.2, 0.25) is 5.02 Å². The van der Waals surface area contributed by atoms with Gasteiger partial charge in [-0.05, 0) is 67.8 Å². The molecule has 1 atom stereocenters. The van der Waals surface area contributed by atoms with Crippen molar-refractivity contribution in [1.29, 1.82) is 0 Å². The molecule has 10 heteroatoms. The molecule has 0 spiro atoms. The summed E-state index contributed by atoms with van der Waals surface area (Å²) in [5.41, 5.74) is 2.95. The van der Waals surface area contributed by atoms with Gasteiger partial charge >= 0.3 is 5.97 Å². The zero-order chi connectivity index (χ0) is 31.9. The lowest BCUT2D eigenvalue weighted by Crippen LogP contribution is -2.40. The van der Waals surface area contributed by atoms with Crippen molar-refractivity contribution in [2.75, 3.05) is 20.3 Å². The van der Waals surface area contributed by atoms with Crippen LogP contribution >= 0.6 is 22.9 Å². The molecule has 0 amide bonds. The van der Waals surface area contributed by atoms with Gasteiger partial charge < -0.3 is 18.9 Å². The molecule has 0 N–H and O–H groups in total. The van der Waals surface area contributed by atoms with Crippen molar-refractivity contribution in [3.8, 4) is 17.2 Å². The number of ether oxygens (including phenoxy) is 4. The van der Waals surface area contributed by atoms with E-state index in [4.69, 9.17) is 35.5 Å². The monoisotopic (exact) mass is 646 g/mol. The molecule has 0 fully saturated rings. The lowest BCUT2D eigenvalue weighted by molar-refractivity contribution is -0.139. The first kappa shape index (κ1) is 32.1. The van der Waals surface area contributed by atoms with Gasteiger partial charge in [0.05, 0.1) is 36.1 Å². The van der Waals surface area contributed by atoms with E-state index in [1.807, 2.05) is 62.4 Å². The Morgan fingerprint density at radius 2 is 1.76 bits per heavy atom. The predicted molar refractivity (Wildman–Crippen MR) is 176 cm³/mol. The fourth-order valence-electron chi connectivity index (χ4n) is 5.22. The van der Waals surface area contributed by atoms with Crippen molar-refractivity contribution in [3.05, 3.63) is 119 Å². The Labute approximate surface area is 270 Å². The summed E-state index contributed by atoms with van der Waals surface area (Å²) < 4.78 is 25.1. The largest absolute Gasteiger partial charge is 0.496 e. The number of benzene rings is 3. The fraction of sp³-hybridized carbons (Fsp3) is 0.286. The second-order valence-corrected chi connectivity index (χ2v) is 11.7. The Kier molecular flexibility index (Phi) is 10.4. The second-order valence-electron chi connectivity index (χ2n) is 10.2. The maximum atomic E-state index is 14.2. The number of methoxy groups -OCH3 is 1. The number of thiazole rings is 1. The molecule has 4 aromatic rings. The molecule has 3 aromatic carbocycles. The Hall–Kier alpha value is -4.34. The highest BCUT2D eigenvalue weighted by atomic mass is 35.5. The SMILES string of the molecule is CCCC1=C(C(=O)OCC)[C@@H](c2cc(Cl)ccc2OC)n2c(s/c(=C/c3ccc(OCc4ccccc4)c(OCC)c3)c2=O)=N1. The van der Waals surface area contributed by atoms with Gasteiger partial charge in [-0.15, -0.1) is 0 Å². The van der Waals surface area contributed by atoms with E-state index in [2.05, 4.69) is 0 Å². The fourth-order valence-corrected chi connectivity index (χ4v) is 6.42. The zero-order valence-corrected chi connectivity index (χ0v) is 27.2. The van der Waals surface area contributed by atoms with Gasteiger partial charge in [0.25, 0.3) is 5.56 Å². The Morgan fingerprint density at radius 1 is 0.978 bits per heavy atom. The number of aromatic nitrogens is 1. The van der Waals surface area contributed by atoms with Crippen LogP contribution in [0.4, 0.5) is 0 Å². The van der Waals surface area contributed by atoms with Crippen LogP contribution in [0.5, 0.6) is 17.2 Å². The Morgan fingerprint density at radius 3 is 2.47 bits per heavy atom. The van der Waals surface area contributed by atoms with Crippen molar-refractivity contribution in [2.24, 2.45) is 4.99 Å². The van der Waals surface area contributed by atoms with Crippen molar-refractivity contribution in [2.45, 2.75) is 46.3 Å². The molecule has 0 aliphatic carbocycles. The normalized spacial score (nSPS) is 14.5. The number of hydrogen-bond donors (Lipinski definition) is 0. The second kappa shape index (κ2) is 14.6. The van der Waals surface area contributed by atoms with E-state index < -0.39 is 12.0 Å². The molecule has 0 radical (unpaired) electrons. The van der Waals surface area contributed by atoms with E-state index in [1.54, 1.807) is 38.3 Å². The van der Waals surface area contributed by atoms with Crippen molar-refractivity contribution in [1.82, 2.24) is 4.57 Å². The molecule has 0 bridgehead atoms. The van der Waals surface area contributed by atoms with Crippen LogP contribution < -0.4 is 29.1 Å². The highest BCUT2D eigenvalue weighted by molar-refractivity contribution is 7.07. The summed E-state index contributed by atoms with van der Waals surface area (Å²) in [6.07, 6.45) is 3.07. The topological polar surface area (TPSA) is 88.4 Å². The number of carbonyl (C=O) groups excluding carboxylic acids is 1. The first-order chi connectivity index (χ1) is 21.9. The van der Waals surface area contributed by atoms with Crippen LogP contribution in [0, 0.1) is 0 Å². The molecule has 1 aromatic heterocycles. The van der Waals surface area contributed by atoms with Gasteiger partial charge in [0.15, 0.2) is 16.3 Å². The molecule has 1 aliphatic heterocycles. The standard InChI is InChI=1S/C35H35ClN2O6S/c1-5-11-26-31(34(40)43-7-3)32(25-20-24(36)15-17-27(25)41-4)38-33(39)30(45-35(38)37-26)19-23-14-16-28(29(18-23)42-6-2)44-21-22-12-9-8-10-13-22/h8-10,12-20,32H,5-7,11,21H2,1-4H3/b30-19+/t32-/m1/s1. The minimum atomic E-state index is -0.842. The van der Waals surface area contributed by atoms with E-state index in [0.29, 0.717) is 68.1 Å². The molecule has 0 saturated carbocycles. The van der Waals surface area contributed by atoms with Gasteiger partial charge in [-0.3, -0.25) is 9.36 Å². The van der Waals surface area contributed by atoms with E-state index in [0.717, 1.165) is 17.5 Å². The molecule has 234 valence electrons. The summed E-state index contributed by atoms with van der Waals surface area (Å²) in [5, 5.41) is 0.447. The van der Waals surface area contributed by atoms with Crippen LogP contribution in [0.25, 0.3) is 6.08 Å². The van der Waals surface area contributed by atoms with Gasteiger partial charge in [-0.1, -0.05) is 72.7 Å². The molecule has 8 nitrogen and oxygen atoms in total. The lowest BCUT2D eigenvalue weighted by Gasteiger charge is -2.27. The number of carbonyl (C=O) groups is 1. The Balaban J connectivity index is 1.64. The summed E-state index contributed by atoms with van der Waals surface area (Å²) in [6, 6.07) is 19.8. The number of esters is 1. The summed E-state index contributed by atoms with van der Waals surface area (Å²) in [7, 11) is 1.54. The summed E-state index contributed by atoms with van der Waals surface area (Å²) in [6.45, 7) is 6.69.